The molecule has 0 aromatic carbocycles. The molecule has 0 radical (unpaired) electrons. The summed E-state index contributed by atoms with van der Waals surface area (Å²) in [6, 6.07) is 3.68. The van der Waals surface area contributed by atoms with Crippen LogP contribution in [0.1, 0.15) is 29.9 Å². The Morgan fingerprint density at radius 3 is 2.69 bits per heavy atom. The van der Waals surface area contributed by atoms with Crippen molar-refractivity contribution < 1.29 is 4.79 Å². The van der Waals surface area contributed by atoms with Gasteiger partial charge in [0, 0.05) is 12.7 Å². The summed E-state index contributed by atoms with van der Waals surface area (Å²) in [5, 5.41) is 2.70. The molecule has 3 nitrogen and oxygen atoms in total. The van der Waals surface area contributed by atoms with Crippen LogP contribution in [0.25, 0.3) is 0 Å². The maximum absolute atomic E-state index is 11.3. The monoisotopic (exact) mass is 178 g/mol. The summed E-state index contributed by atoms with van der Waals surface area (Å²) in [7, 11) is 0. The van der Waals surface area contributed by atoms with Crippen molar-refractivity contribution >= 4 is 5.91 Å². The van der Waals surface area contributed by atoms with Gasteiger partial charge in [-0.3, -0.25) is 9.78 Å². The van der Waals surface area contributed by atoms with E-state index in [1.807, 2.05) is 13.0 Å². The Labute approximate surface area is 78.2 Å². The van der Waals surface area contributed by atoms with Gasteiger partial charge in [0.25, 0.3) is 5.91 Å². The summed E-state index contributed by atoms with van der Waals surface area (Å²) < 4.78 is 0. The van der Waals surface area contributed by atoms with E-state index >= 15 is 0 Å². The highest BCUT2D eigenvalue weighted by Crippen LogP contribution is 2.00. The second kappa shape index (κ2) is 4.60. The zero-order valence-electron chi connectivity index (χ0n) is 8.00. The summed E-state index contributed by atoms with van der Waals surface area (Å²) >= 11 is 0. The van der Waals surface area contributed by atoms with Crippen molar-refractivity contribution in [1.29, 1.82) is 0 Å². The van der Waals surface area contributed by atoms with E-state index in [4.69, 9.17) is 0 Å². The Bertz CT molecular complexity index is 279. The maximum atomic E-state index is 11.3. The molecule has 1 amide bonds. The normalized spacial score (nSPS) is 9.69. The van der Waals surface area contributed by atoms with Gasteiger partial charge in [0.2, 0.25) is 0 Å². The molecule has 70 valence electrons. The van der Waals surface area contributed by atoms with Crippen LogP contribution in [0.4, 0.5) is 0 Å². The topological polar surface area (TPSA) is 42.0 Å². The Kier molecular flexibility index (Phi) is 3.43. The number of hydrogen-bond acceptors (Lipinski definition) is 2. The van der Waals surface area contributed by atoms with Crippen LogP contribution in [-0.2, 0) is 6.42 Å². The van der Waals surface area contributed by atoms with Gasteiger partial charge in [0.15, 0.2) is 0 Å². The highest BCUT2D eigenvalue weighted by atomic mass is 16.1. The molecule has 3 heteroatoms. The van der Waals surface area contributed by atoms with E-state index in [9.17, 15) is 4.79 Å². The van der Waals surface area contributed by atoms with E-state index in [1.54, 1.807) is 12.3 Å². The molecule has 13 heavy (non-hydrogen) atoms. The molecule has 0 saturated heterocycles. The van der Waals surface area contributed by atoms with Gasteiger partial charge < -0.3 is 5.32 Å². The molecule has 1 rings (SSSR count). The van der Waals surface area contributed by atoms with E-state index in [2.05, 4.69) is 17.2 Å². The fourth-order valence-electron chi connectivity index (χ4n) is 1.02. The van der Waals surface area contributed by atoms with Crippen LogP contribution in [-0.4, -0.2) is 17.4 Å². The van der Waals surface area contributed by atoms with Gasteiger partial charge in [-0.05, 0) is 25.0 Å². The second-order valence-corrected chi connectivity index (χ2v) is 2.76. The lowest BCUT2D eigenvalue weighted by Gasteiger charge is -2.01. The lowest BCUT2D eigenvalue weighted by molar-refractivity contribution is 0.0951. The van der Waals surface area contributed by atoms with E-state index in [0.29, 0.717) is 12.2 Å². The van der Waals surface area contributed by atoms with Crippen molar-refractivity contribution in [3.63, 3.8) is 0 Å². The van der Waals surface area contributed by atoms with Crippen molar-refractivity contribution in [2.75, 3.05) is 6.54 Å². The van der Waals surface area contributed by atoms with E-state index in [1.165, 1.54) is 0 Å². The van der Waals surface area contributed by atoms with Gasteiger partial charge in [-0.1, -0.05) is 13.0 Å². The molecule has 0 aliphatic heterocycles. The average Bonchev–Trinajstić information content (AvgIpc) is 2.18. The maximum Gasteiger partial charge on any atom is 0.269 e. The van der Waals surface area contributed by atoms with Crippen LogP contribution >= 0.6 is 0 Å². The molecule has 0 bridgehead atoms. The van der Waals surface area contributed by atoms with Crippen molar-refractivity contribution in [2.24, 2.45) is 0 Å². The molecule has 1 aromatic heterocycles. The lowest BCUT2D eigenvalue weighted by atomic mass is 10.2. The predicted octanol–water partition coefficient (Wildman–Crippen LogP) is 1.39. The largest absolute Gasteiger partial charge is 0.351 e. The van der Waals surface area contributed by atoms with Crippen LogP contribution in [0.3, 0.4) is 0 Å². The van der Waals surface area contributed by atoms with E-state index in [-0.39, 0.29) is 5.91 Å². The number of nitrogens with zero attached hydrogens (tertiary/aromatic N) is 1. The van der Waals surface area contributed by atoms with Crippen LogP contribution < -0.4 is 5.32 Å². The van der Waals surface area contributed by atoms with Gasteiger partial charge >= 0.3 is 0 Å². The summed E-state index contributed by atoms with van der Waals surface area (Å²) in [4.78, 5) is 15.3. The number of pyridine rings is 1. The van der Waals surface area contributed by atoms with Gasteiger partial charge in [-0.15, -0.1) is 0 Å². The Hall–Kier alpha value is -1.38. The zero-order valence-corrected chi connectivity index (χ0v) is 8.00. The van der Waals surface area contributed by atoms with Crippen LogP contribution in [0, 0.1) is 0 Å². The minimum absolute atomic E-state index is 0.106. The Morgan fingerprint density at radius 2 is 2.23 bits per heavy atom. The SMILES string of the molecule is CCNC(=O)c1ccc(CC)cn1. The van der Waals surface area contributed by atoms with Crippen LogP contribution in [0.15, 0.2) is 18.3 Å². The lowest BCUT2D eigenvalue weighted by Crippen LogP contribution is -2.23. The van der Waals surface area contributed by atoms with Crippen LogP contribution in [0.5, 0.6) is 0 Å². The highest BCUT2D eigenvalue weighted by molar-refractivity contribution is 5.92. The first-order chi connectivity index (χ1) is 6.27. The molecule has 0 aliphatic carbocycles. The number of aromatic nitrogens is 1. The number of aryl methyl sites for hydroxylation is 1. The number of carbonyl (C=O) groups is 1. The minimum atomic E-state index is -0.106. The van der Waals surface area contributed by atoms with Gasteiger partial charge in [-0.2, -0.15) is 0 Å². The first-order valence-corrected chi connectivity index (χ1v) is 4.51. The standard InChI is InChI=1S/C10H14N2O/c1-3-8-5-6-9(12-7-8)10(13)11-4-2/h5-7H,3-4H2,1-2H3,(H,11,13). The van der Waals surface area contributed by atoms with Crippen molar-refractivity contribution in [2.45, 2.75) is 20.3 Å². The third-order valence-corrected chi connectivity index (χ3v) is 1.80. The quantitative estimate of drug-likeness (QED) is 0.760. The van der Waals surface area contributed by atoms with Gasteiger partial charge in [-0.25, -0.2) is 0 Å². The summed E-state index contributed by atoms with van der Waals surface area (Å²) in [6.45, 7) is 4.58. The molecule has 0 saturated carbocycles. The number of amides is 1. The number of nitrogens with one attached hydrogen (secondary N) is 1. The number of rotatable bonds is 3. The van der Waals surface area contributed by atoms with Crippen molar-refractivity contribution in [1.82, 2.24) is 10.3 Å². The van der Waals surface area contributed by atoms with Gasteiger partial charge in [0.05, 0.1) is 0 Å². The number of hydrogen-bond donors (Lipinski definition) is 1. The van der Waals surface area contributed by atoms with Crippen molar-refractivity contribution in [3.8, 4) is 0 Å². The summed E-state index contributed by atoms with van der Waals surface area (Å²) in [5.41, 5.74) is 1.63. The fraction of sp³-hybridized carbons (Fsp3) is 0.400. The molecular formula is C10H14N2O. The van der Waals surface area contributed by atoms with Crippen molar-refractivity contribution in [3.05, 3.63) is 29.6 Å². The summed E-state index contributed by atoms with van der Waals surface area (Å²) in [6.07, 6.45) is 2.69. The number of carbonyl (C=O) groups excluding carboxylic acids is 1. The first-order valence-electron chi connectivity index (χ1n) is 4.51. The highest BCUT2D eigenvalue weighted by Gasteiger charge is 2.03. The molecular weight excluding hydrogens is 164 g/mol. The molecule has 1 N–H and O–H groups in total. The average molecular weight is 178 g/mol. The van der Waals surface area contributed by atoms with E-state index < -0.39 is 0 Å². The fourth-order valence-corrected chi connectivity index (χ4v) is 1.02. The van der Waals surface area contributed by atoms with E-state index in [0.717, 1.165) is 12.0 Å². The molecule has 0 unspecified atom stereocenters. The smallest absolute Gasteiger partial charge is 0.269 e. The predicted molar refractivity (Wildman–Crippen MR) is 51.6 cm³/mol. The summed E-state index contributed by atoms with van der Waals surface area (Å²) in [5.74, 6) is -0.106. The first kappa shape index (κ1) is 9.71. The zero-order chi connectivity index (χ0) is 9.68. The van der Waals surface area contributed by atoms with Gasteiger partial charge in [0.1, 0.15) is 5.69 Å². The third kappa shape index (κ3) is 2.54. The molecule has 0 atom stereocenters. The third-order valence-electron chi connectivity index (χ3n) is 1.80. The molecule has 1 heterocycles. The van der Waals surface area contributed by atoms with Crippen LogP contribution in [0.2, 0.25) is 0 Å². The molecule has 0 spiro atoms. The molecule has 0 fully saturated rings. The molecule has 1 aromatic rings. The molecule has 0 aliphatic rings. The Morgan fingerprint density at radius 1 is 1.46 bits per heavy atom. The second-order valence-electron chi connectivity index (χ2n) is 2.76. The Balaban J connectivity index is 2.74. The minimum Gasteiger partial charge on any atom is -0.351 e.